The van der Waals surface area contributed by atoms with Gasteiger partial charge < -0.3 is 0 Å². The summed E-state index contributed by atoms with van der Waals surface area (Å²) in [5.74, 6) is -3.14. The van der Waals surface area contributed by atoms with Gasteiger partial charge in [-0.1, -0.05) is 146 Å². The van der Waals surface area contributed by atoms with Crippen LogP contribution in [0.4, 0.5) is 0 Å². The summed E-state index contributed by atoms with van der Waals surface area (Å²) in [5, 5.41) is 0. The lowest BCUT2D eigenvalue weighted by Crippen LogP contribution is -2.04. The number of aromatic nitrogens is 2. The first-order valence-corrected chi connectivity index (χ1v) is 17.2. The van der Waals surface area contributed by atoms with E-state index >= 15 is 0 Å². The molecule has 0 aliphatic heterocycles. The zero-order valence-electron chi connectivity index (χ0n) is 39.3. The first-order chi connectivity index (χ1) is 29.3. The van der Waals surface area contributed by atoms with Crippen molar-refractivity contribution in [2.24, 2.45) is 0 Å². The average Bonchev–Trinajstić information content (AvgIpc) is 3.28. The molecule has 0 bridgehead atoms. The van der Waals surface area contributed by atoms with E-state index in [0.717, 1.165) is 57.5 Å². The highest BCUT2D eigenvalue weighted by Crippen LogP contribution is 2.36. The molecule has 250 valence electrons. The van der Waals surface area contributed by atoms with Crippen molar-refractivity contribution in [1.29, 1.82) is 0 Å². The molecule has 51 heavy (non-hydrogen) atoms. The lowest BCUT2D eigenvalue weighted by atomic mass is 9.84. The summed E-state index contributed by atoms with van der Waals surface area (Å²) in [4.78, 5) is 9.08. The SMILES string of the molecule is [2H]C1([2H])C([2H])([2H])C([2H])([2H])C([2H])(c2ccc(-c3ccnc(-c4ccc(-c5ccccc5-c5cc(C)cc(CCc6ccc(-c7ccccn7)cc6)c5)cc4)c3)cc2)C([2H])([2H])C1([2H])[2H]. The van der Waals surface area contributed by atoms with Crippen LogP contribution in [-0.4, -0.2) is 9.97 Å². The van der Waals surface area contributed by atoms with Crippen LogP contribution in [0, 0.1) is 6.92 Å². The zero-order valence-corrected chi connectivity index (χ0v) is 28.3. The minimum Gasteiger partial charge on any atom is -0.256 e. The van der Waals surface area contributed by atoms with E-state index in [1.807, 2.05) is 48.7 Å². The third-order valence-corrected chi connectivity index (χ3v) is 9.25. The average molecular weight is 672 g/mol. The number of nitrogens with zero attached hydrogens (tertiary/aromatic N) is 2. The van der Waals surface area contributed by atoms with Gasteiger partial charge in [0.25, 0.3) is 0 Å². The fourth-order valence-electron chi connectivity index (χ4n) is 6.63. The summed E-state index contributed by atoms with van der Waals surface area (Å²) in [5.41, 5.74) is 12.8. The van der Waals surface area contributed by atoms with E-state index in [1.165, 1.54) is 28.8 Å². The number of pyridine rings is 2. The third-order valence-electron chi connectivity index (χ3n) is 9.25. The van der Waals surface area contributed by atoms with Crippen molar-refractivity contribution in [3.63, 3.8) is 0 Å². The zero-order chi connectivity index (χ0) is 44.3. The normalized spacial score (nSPS) is 22.0. The van der Waals surface area contributed by atoms with Gasteiger partial charge in [-0.25, -0.2) is 0 Å². The van der Waals surface area contributed by atoms with Gasteiger partial charge in [0.1, 0.15) is 0 Å². The van der Waals surface area contributed by atoms with Crippen molar-refractivity contribution in [2.45, 2.75) is 57.5 Å². The molecule has 1 saturated carbocycles. The Morgan fingerprint density at radius 1 is 0.510 bits per heavy atom. The van der Waals surface area contributed by atoms with E-state index in [0.29, 0.717) is 11.3 Å². The van der Waals surface area contributed by atoms with Gasteiger partial charge in [-0.3, -0.25) is 9.97 Å². The first kappa shape index (κ1) is 22.3. The third kappa shape index (κ3) is 7.61. The Bertz CT molecular complexity index is 2700. The van der Waals surface area contributed by atoms with Gasteiger partial charge in [0, 0.05) is 38.6 Å². The van der Waals surface area contributed by atoms with Gasteiger partial charge in [-0.05, 0) is 113 Å². The van der Waals surface area contributed by atoms with Crippen LogP contribution in [0.3, 0.4) is 0 Å². The summed E-state index contributed by atoms with van der Waals surface area (Å²) >= 11 is 0. The topological polar surface area (TPSA) is 25.8 Å². The van der Waals surface area contributed by atoms with Crippen LogP contribution in [0.25, 0.3) is 55.9 Å². The molecular weight excluding hydrogens is 617 g/mol. The standard InChI is InChI=1S/C49H44N2/c1-35-31-37(15-14-36-16-18-42(19-17-36)48-13-7-8-29-50-48)33-45(32-35)47-12-6-5-11-46(47)41-24-26-43(27-25-41)49-34-44(28-30-51-49)40-22-20-39(21-23-40)38-9-3-2-4-10-38/h5-8,11-13,16-34,38H,2-4,9-10,14-15H2,1H3/i2D2,3D2,4D2,9D2,10D2,38D. The maximum absolute atomic E-state index is 9.10. The van der Waals surface area contributed by atoms with Gasteiger partial charge in [0.2, 0.25) is 0 Å². The fourth-order valence-corrected chi connectivity index (χ4v) is 6.63. The highest BCUT2D eigenvalue weighted by atomic mass is 14.7. The number of rotatable bonds is 9. The van der Waals surface area contributed by atoms with E-state index in [9.17, 15) is 0 Å². The molecular formula is C49H44N2. The second-order valence-corrected chi connectivity index (χ2v) is 12.7. The maximum atomic E-state index is 9.10. The van der Waals surface area contributed by atoms with Gasteiger partial charge in [0.05, 0.1) is 11.4 Å². The van der Waals surface area contributed by atoms with Crippen LogP contribution < -0.4 is 0 Å². The number of hydrogen-bond donors (Lipinski definition) is 0. The lowest BCUT2D eigenvalue weighted by molar-refractivity contribution is 0.443. The van der Waals surface area contributed by atoms with Crippen molar-refractivity contribution >= 4 is 0 Å². The van der Waals surface area contributed by atoms with Gasteiger partial charge in [-0.2, -0.15) is 0 Å². The van der Waals surface area contributed by atoms with Crippen molar-refractivity contribution in [2.75, 3.05) is 0 Å². The quantitative estimate of drug-likeness (QED) is 0.153. The maximum Gasteiger partial charge on any atom is 0.0708 e. The summed E-state index contributed by atoms with van der Waals surface area (Å²) in [6.07, 6.45) is -12.3. The van der Waals surface area contributed by atoms with Crippen molar-refractivity contribution < 1.29 is 15.1 Å². The van der Waals surface area contributed by atoms with Gasteiger partial charge in [0.15, 0.2) is 0 Å². The second kappa shape index (κ2) is 15.1. The van der Waals surface area contributed by atoms with Crippen LogP contribution >= 0.6 is 0 Å². The van der Waals surface area contributed by atoms with Crippen LogP contribution in [0.15, 0.2) is 158 Å². The summed E-state index contributed by atoms with van der Waals surface area (Å²) in [6, 6.07) is 47.2. The van der Waals surface area contributed by atoms with Crippen LogP contribution in [-0.2, 0) is 12.8 Å². The molecule has 0 N–H and O–H groups in total. The summed E-state index contributed by atoms with van der Waals surface area (Å²) in [6.45, 7) is 2.13. The van der Waals surface area contributed by atoms with E-state index in [1.54, 1.807) is 24.4 Å². The van der Waals surface area contributed by atoms with Crippen molar-refractivity contribution in [1.82, 2.24) is 9.97 Å². The molecule has 0 saturated heterocycles. The second-order valence-electron chi connectivity index (χ2n) is 12.7. The molecule has 5 aromatic carbocycles. The fraction of sp³-hybridized carbons (Fsp3) is 0.184. The van der Waals surface area contributed by atoms with Crippen LogP contribution in [0.2, 0.25) is 0 Å². The van der Waals surface area contributed by atoms with Crippen molar-refractivity contribution in [3.8, 4) is 55.9 Å². The molecule has 0 amide bonds. The molecule has 0 radical (unpaired) electrons. The Morgan fingerprint density at radius 2 is 1.14 bits per heavy atom. The van der Waals surface area contributed by atoms with Gasteiger partial charge in [-0.15, -0.1) is 0 Å². The molecule has 0 unspecified atom stereocenters. The molecule has 2 aromatic heterocycles. The molecule has 8 rings (SSSR count). The van der Waals surface area contributed by atoms with Crippen LogP contribution in [0.5, 0.6) is 0 Å². The highest BCUT2D eigenvalue weighted by Gasteiger charge is 2.16. The summed E-state index contributed by atoms with van der Waals surface area (Å²) < 4.78 is 93.1. The minimum atomic E-state index is -3.58. The molecule has 1 aliphatic rings. The molecule has 1 aliphatic carbocycles. The van der Waals surface area contributed by atoms with E-state index in [-0.39, 0.29) is 5.56 Å². The summed E-state index contributed by atoms with van der Waals surface area (Å²) in [7, 11) is 0. The molecule has 7 aromatic rings. The Kier molecular flexibility index (Phi) is 6.60. The van der Waals surface area contributed by atoms with E-state index in [2.05, 4.69) is 89.7 Å². The van der Waals surface area contributed by atoms with Crippen LogP contribution in [0.1, 0.15) is 75.1 Å². The monoisotopic (exact) mass is 671 g/mol. The lowest BCUT2D eigenvalue weighted by Gasteiger charge is -2.22. The Hall–Kier alpha value is -5.60. The van der Waals surface area contributed by atoms with Gasteiger partial charge >= 0.3 is 0 Å². The first-order valence-electron chi connectivity index (χ1n) is 22.7. The molecule has 1 fully saturated rings. The molecule has 2 nitrogen and oxygen atoms in total. The van der Waals surface area contributed by atoms with Crippen molar-refractivity contribution in [3.05, 3.63) is 180 Å². The number of hydrogen-bond acceptors (Lipinski definition) is 2. The number of benzene rings is 5. The molecule has 0 spiro atoms. The van der Waals surface area contributed by atoms with E-state index in [4.69, 9.17) is 15.1 Å². The Morgan fingerprint density at radius 3 is 1.88 bits per heavy atom. The molecule has 0 atom stereocenters. The predicted octanol–water partition coefficient (Wildman–Crippen LogP) is 13.0. The Labute approximate surface area is 318 Å². The smallest absolute Gasteiger partial charge is 0.0708 e. The predicted molar refractivity (Wildman–Crippen MR) is 214 cm³/mol. The number of aryl methyl sites for hydroxylation is 3. The minimum absolute atomic E-state index is 0.311. The highest BCUT2D eigenvalue weighted by molar-refractivity contribution is 5.85. The van der Waals surface area contributed by atoms with E-state index < -0.39 is 37.8 Å². The molecule has 2 heterocycles. The molecule has 2 heteroatoms. The Balaban J connectivity index is 1.02. The largest absolute Gasteiger partial charge is 0.256 e.